The number of rotatable bonds is 2. The number of nitrogens with two attached hydrogens (primary N) is 1. The van der Waals surface area contributed by atoms with E-state index < -0.39 is 0 Å². The fraction of sp³-hybridized carbons (Fsp3) is 0. The number of nitrogens with zero attached hydrogens (tertiary/aromatic N) is 1. The van der Waals surface area contributed by atoms with E-state index in [-0.39, 0.29) is 11.6 Å². The van der Waals surface area contributed by atoms with Crippen LogP contribution in [0.4, 0.5) is 10.2 Å². The van der Waals surface area contributed by atoms with Crippen LogP contribution in [-0.2, 0) is 0 Å². The van der Waals surface area contributed by atoms with Gasteiger partial charge in [-0.25, -0.2) is 4.39 Å². The molecule has 0 aliphatic heterocycles. The number of nitrogen functional groups attached to an aromatic ring is 1. The molecule has 0 aliphatic rings. The SMILES string of the molecule is Nc1noc(-c2ccc(Cl)c(Br)c2)c1-c1ccccc1F. The highest BCUT2D eigenvalue weighted by Crippen LogP contribution is 2.39. The van der Waals surface area contributed by atoms with Crippen molar-refractivity contribution in [2.75, 3.05) is 5.73 Å². The van der Waals surface area contributed by atoms with Gasteiger partial charge in [-0.3, -0.25) is 0 Å². The van der Waals surface area contributed by atoms with Crippen molar-refractivity contribution in [3.05, 3.63) is 57.8 Å². The van der Waals surface area contributed by atoms with E-state index in [0.717, 1.165) is 0 Å². The number of aromatic nitrogens is 1. The number of hydrogen-bond donors (Lipinski definition) is 1. The molecule has 0 saturated carbocycles. The van der Waals surface area contributed by atoms with Crippen LogP contribution < -0.4 is 5.73 Å². The Morgan fingerprint density at radius 1 is 1.19 bits per heavy atom. The van der Waals surface area contributed by atoms with Crippen molar-refractivity contribution >= 4 is 33.3 Å². The van der Waals surface area contributed by atoms with E-state index in [4.69, 9.17) is 21.9 Å². The zero-order valence-corrected chi connectivity index (χ0v) is 13.0. The smallest absolute Gasteiger partial charge is 0.177 e. The molecule has 0 bridgehead atoms. The van der Waals surface area contributed by atoms with Gasteiger partial charge in [0.25, 0.3) is 0 Å². The number of benzene rings is 2. The van der Waals surface area contributed by atoms with E-state index in [1.807, 2.05) is 0 Å². The van der Waals surface area contributed by atoms with Gasteiger partial charge in [-0.05, 0) is 40.2 Å². The first kappa shape index (κ1) is 14.1. The molecule has 1 aromatic heterocycles. The third-order valence-corrected chi connectivity index (χ3v) is 4.26. The summed E-state index contributed by atoms with van der Waals surface area (Å²) in [6.45, 7) is 0. The summed E-state index contributed by atoms with van der Waals surface area (Å²) in [5.74, 6) is 0.151. The molecule has 0 atom stereocenters. The van der Waals surface area contributed by atoms with Gasteiger partial charge in [0.15, 0.2) is 11.6 Å². The van der Waals surface area contributed by atoms with Gasteiger partial charge in [0.1, 0.15) is 5.82 Å². The van der Waals surface area contributed by atoms with Crippen molar-refractivity contribution in [3.63, 3.8) is 0 Å². The summed E-state index contributed by atoms with van der Waals surface area (Å²) in [6, 6.07) is 11.6. The minimum Gasteiger partial charge on any atom is -0.380 e. The van der Waals surface area contributed by atoms with E-state index in [0.29, 0.717) is 31.9 Å². The molecule has 0 radical (unpaired) electrons. The zero-order valence-electron chi connectivity index (χ0n) is 10.6. The summed E-state index contributed by atoms with van der Waals surface area (Å²) in [7, 11) is 0. The van der Waals surface area contributed by atoms with Gasteiger partial charge in [-0.2, -0.15) is 0 Å². The topological polar surface area (TPSA) is 52.0 Å². The lowest BCUT2D eigenvalue weighted by Gasteiger charge is -2.05. The summed E-state index contributed by atoms with van der Waals surface area (Å²) in [4.78, 5) is 0. The van der Waals surface area contributed by atoms with Crippen molar-refractivity contribution in [2.45, 2.75) is 0 Å². The van der Waals surface area contributed by atoms with Crippen LogP contribution in [0.1, 0.15) is 0 Å². The van der Waals surface area contributed by atoms with Crippen molar-refractivity contribution in [3.8, 4) is 22.5 Å². The highest BCUT2D eigenvalue weighted by atomic mass is 79.9. The van der Waals surface area contributed by atoms with Crippen LogP contribution in [0.3, 0.4) is 0 Å². The van der Waals surface area contributed by atoms with Gasteiger partial charge < -0.3 is 10.3 Å². The average Bonchev–Trinajstić information content (AvgIpc) is 2.84. The molecule has 2 aromatic carbocycles. The number of anilines is 1. The second kappa shape index (κ2) is 5.50. The lowest BCUT2D eigenvalue weighted by Crippen LogP contribution is -1.91. The van der Waals surface area contributed by atoms with Crippen LogP contribution in [0.15, 0.2) is 51.5 Å². The molecule has 0 saturated heterocycles. The lowest BCUT2D eigenvalue weighted by molar-refractivity contribution is 0.436. The fourth-order valence-corrected chi connectivity index (χ4v) is 2.56. The molecule has 3 aromatic rings. The average molecular weight is 368 g/mol. The Balaban J connectivity index is 2.22. The van der Waals surface area contributed by atoms with Crippen molar-refractivity contribution in [2.24, 2.45) is 0 Å². The molecule has 21 heavy (non-hydrogen) atoms. The first-order valence-electron chi connectivity index (χ1n) is 6.03. The zero-order chi connectivity index (χ0) is 15.0. The Kier molecular flexibility index (Phi) is 3.69. The quantitative estimate of drug-likeness (QED) is 0.682. The second-order valence-electron chi connectivity index (χ2n) is 4.38. The molecule has 0 aliphatic carbocycles. The Hall–Kier alpha value is -1.85. The molecule has 0 amide bonds. The van der Waals surface area contributed by atoms with Gasteiger partial charge in [-0.15, -0.1) is 0 Å². The summed E-state index contributed by atoms with van der Waals surface area (Å²) in [5.41, 5.74) is 7.32. The van der Waals surface area contributed by atoms with Crippen LogP contribution >= 0.6 is 27.5 Å². The Morgan fingerprint density at radius 3 is 2.67 bits per heavy atom. The van der Waals surface area contributed by atoms with Gasteiger partial charge in [0, 0.05) is 15.6 Å². The van der Waals surface area contributed by atoms with Crippen molar-refractivity contribution in [1.82, 2.24) is 5.16 Å². The van der Waals surface area contributed by atoms with Crippen LogP contribution in [0.25, 0.3) is 22.5 Å². The first-order chi connectivity index (χ1) is 10.1. The molecule has 0 spiro atoms. The lowest BCUT2D eigenvalue weighted by atomic mass is 10.0. The van der Waals surface area contributed by atoms with Crippen LogP contribution in [0, 0.1) is 5.82 Å². The van der Waals surface area contributed by atoms with Crippen molar-refractivity contribution < 1.29 is 8.91 Å². The van der Waals surface area contributed by atoms with Gasteiger partial charge in [0.2, 0.25) is 0 Å². The minimum absolute atomic E-state index is 0.140. The largest absolute Gasteiger partial charge is 0.380 e. The van der Waals surface area contributed by atoms with Gasteiger partial charge >= 0.3 is 0 Å². The van der Waals surface area contributed by atoms with Gasteiger partial charge in [0.05, 0.1) is 10.6 Å². The van der Waals surface area contributed by atoms with Crippen LogP contribution in [0.2, 0.25) is 5.02 Å². The molecule has 6 heteroatoms. The van der Waals surface area contributed by atoms with E-state index in [2.05, 4.69) is 21.1 Å². The first-order valence-corrected chi connectivity index (χ1v) is 7.20. The molecule has 106 valence electrons. The monoisotopic (exact) mass is 366 g/mol. The highest BCUT2D eigenvalue weighted by molar-refractivity contribution is 9.10. The van der Waals surface area contributed by atoms with Crippen LogP contribution in [-0.4, -0.2) is 5.16 Å². The third kappa shape index (κ3) is 2.54. The Bertz CT molecular complexity index is 819. The summed E-state index contributed by atoms with van der Waals surface area (Å²) in [6.07, 6.45) is 0. The molecular formula is C15H9BrClFN2O. The van der Waals surface area contributed by atoms with Gasteiger partial charge in [-0.1, -0.05) is 35.0 Å². The molecule has 3 rings (SSSR count). The normalized spacial score (nSPS) is 10.8. The maximum Gasteiger partial charge on any atom is 0.177 e. The Labute approximate surface area is 133 Å². The second-order valence-corrected chi connectivity index (χ2v) is 5.64. The predicted molar refractivity (Wildman–Crippen MR) is 84.5 cm³/mol. The Morgan fingerprint density at radius 2 is 1.95 bits per heavy atom. The molecule has 1 heterocycles. The summed E-state index contributed by atoms with van der Waals surface area (Å²) in [5, 5.41) is 4.32. The minimum atomic E-state index is -0.387. The standard InChI is InChI=1S/C15H9BrClFN2O/c16-10-7-8(5-6-11(10)17)14-13(15(19)20-21-14)9-3-1-2-4-12(9)18/h1-7H,(H2,19,20). The number of halogens is 3. The van der Waals surface area contributed by atoms with E-state index in [9.17, 15) is 4.39 Å². The maximum absolute atomic E-state index is 14.0. The van der Waals surface area contributed by atoms with Crippen LogP contribution in [0.5, 0.6) is 0 Å². The molecule has 3 nitrogen and oxygen atoms in total. The fourth-order valence-electron chi connectivity index (χ4n) is 2.06. The highest BCUT2D eigenvalue weighted by Gasteiger charge is 2.20. The van der Waals surface area contributed by atoms with E-state index >= 15 is 0 Å². The molecular weight excluding hydrogens is 359 g/mol. The van der Waals surface area contributed by atoms with Crippen molar-refractivity contribution in [1.29, 1.82) is 0 Å². The van der Waals surface area contributed by atoms with E-state index in [1.54, 1.807) is 36.4 Å². The number of hydrogen-bond acceptors (Lipinski definition) is 3. The third-order valence-electron chi connectivity index (χ3n) is 3.04. The summed E-state index contributed by atoms with van der Waals surface area (Å²) < 4.78 is 20.0. The predicted octanol–water partition coefficient (Wildman–Crippen LogP) is 5.15. The maximum atomic E-state index is 14.0. The molecule has 0 unspecified atom stereocenters. The van der Waals surface area contributed by atoms with E-state index in [1.165, 1.54) is 6.07 Å². The molecule has 2 N–H and O–H groups in total. The summed E-state index contributed by atoms with van der Waals surface area (Å²) >= 11 is 9.32. The molecule has 0 fully saturated rings.